The van der Waals surface area contributed by atoms with Gasteiger partial charge in [-0.2, -0.15) is 0 Å². The lowest BCUT2D eigenvalue weighted by atomic mass is 10.2. The third-order valence-corrected chi connectivity index (χ3v) is 3.60. The molecule has 0 fully saturated rings. The van der Waals surface area contributed by atoms with Crippen molar-refractivity contribution >= 4 is 11.9 Å². The second-order valence-corrected chi connectivity index (χ2v) is 5.22. The number of esters is 1. The molecule has 2 rings (SSSR count). The molecule has 0 unspecified atom stereocenters. The summed E-state index contributed by atoms with van der Waals surface area (Å²) in [6.07, 6.45) is 0. The highest BCUT2D eigenvalue weighted by Crippen LogP contribution is 2.27. The van der Waals surface area contributed by atoms with E-state index < -0.39 is 11.9 Å². The Labute approximate surface area is 145 Å². The summed E-state index contributed by atoms with van der Waals surface area (Å²) >= 11 is 0. The monoisotopic (exact) mass is 348 g/mol. The number of ether oxygens (including phenoxy) is 3. The first-order valence-electron chi connectivity index (χ1n) is 7.53. The fourth-order valence-electron chi connectivity index (χ4n) is 2.14. The summed E-state index contributed by atoms with van der Waals surface area (Å²) in [6, 6.07) is 4.72. The van der Waals surface area contributed by atoms with Gasteiger partial charge in [-0.3, -0.25) is 9.59 Å². The van der Waals surface area contributed by atoms with Crippen molar-refractivity contribution < 1.29 is 28.3 Å². The summed E-state index contributed by atoms with van der Waals surface area (Å²) in [5, 5.41) is 6.28. The molecule has 0 aliphatic heterocycles. The molecular weight excluding hydrogens is 328 g/mol. The minimum atomic E-state index is -0.561. The molecule has 1 amide bonds. The van der Waals surface area contributed by atoms with Gasteiger partial charge in [-0.1, -0.05) is 5.16 Å². The Morgan fingerprint density at radius 1 is 1.16 bits per heavy atom. The summed E-state index contributed by atoms with van der Waals surface area (Å²) in [5.41, 5.74) is 1.73. The molecule has 1 aromatic heterocycles. The van der Waals surface area contributed by atoms with E-state index in [4.69, 9.17) is 18.7 Å². The topological polar surface area (TPSA) is 99.9 Å². The molecule has 0 aliphatic carbocycles. The number of methoxy groups -OCH3 is 2. The predicted molar refractivity (Wildman–Crippen MR) is 87.7 cm³/mol. The molecule has 1 heterocycles. The standard InChI is InChI=1S/C17H20N2O6/c1-10-13(11(2)25-19-10)9-24-16(20)8-18-17(21)12-5-6-14(22-3)15(7-12)23-4/h5-7H,8-9H2,1-4H3,(H,18,21). The molecule has 8 nitrogen and oxygen atoms in total. The van der Waals surface area contributed by atoms with Crippen LogP contribution in [0.25, 0.3) is 0 Å². The average molecular weight is 348 g/mol. The number of carbonyl (C=O) groups excluding carboxylic acids is 2. The van der Waals surface area contributed by atoms with Crippen LogP contribution in [0, 0.1) is 13.8 Å². The number of hydrogen-bond acceptors (Lipinski definition) is 7. The van der Waals surface area contributed by atoms with Gasteiger partial charge in [0.15, 0.2) is 11.5 Å². The van der Waals surface area contributed by atoms with E-state index in [-0.39, 0.29) is 13.2 Å². The molecule has 0 atom stereocenters. The van der Waals surface area contributed by atoms with Gasteiger partial charge < -0.3 is 24.1 Å². The highest BCUT2D eigenvalue weighted by atomic mass is 16.5. The first kappa shape index (κ1) is 18.3. The molecule has 2 aromatic rings. The van der Waals surface area contributed by atoms with Crippen LogP contribution in [-0.4, -0.2) is 37.8 Å². The van der Waals surface area contributed by atoms with Crippen molar-refractivity contribution in [3.63, 3.8) is 0 Å². The van der Waals surface area contributed by atoms with Gasteiger partial charge in [-0.05, 0) is 32.0 Å². The van der Waals surface area contributed by atoms with E-state index in [1.165, 1.54) is 20.3 Å². The Bertz CT molecular complexity index is 749. The van der Waals surface area contributed by atoms with Crippen molar-refractivity contribution in [1.29, 1.82) is 0 Å². The van der Waals surface area contributed by atoms with Crippen molar-refractivity contribution in [3.8, 4) is 11.5 Å². The Kier molecular flexibility index (Phi) is 5.99. The minimum absolute atomic E-state index is 0.0478. The number of amides is 1. The minimum Gasteiger partial charge on any atom is -0.493 e. The second kappa shape index (κ2) is 8.18. The summed E-state index contributed by atoms with van der Waals surface area (Å²) in [7, 11) is 2.98. The lowest BCUT2D eigenvalue weighted by Crippen LogP contribution is -2.30. The van der Waals surface area contributed by atoms with Gasteiger partial charge in [0, 0.05) is 5.56 Å². The van der Waals surface area contributed by atoms with Crippen LogP contribution in [0.15, 0.2) is 22.7 Å². The van der Waals surface area contributed by atoms with Gasteiger partial charge >= 0.3 is 5.97 Å². The summed E-state index contributed by atoms with van der Waals surface area (Å²) in [5.74, 6) is 0.554. The van der Waals surface area contributed by atoms with Crippen molar-refractivity contribution in [2.45, 2.75) is 20.5 Å². The number of aryl methyl sites for hydroxylation is 2. The number of carbonyl (C=O) groups is 2. The van der Waals surface area contributed by atoms with E-state index in [9.17, 15) is 9.59 Å². The molecule has 134 valence electrons. The maximum Gasteiger partial charge on any atom is 0.325 e. The molecular formula is C17H20N2O6. The largest absolute Gasteiger partial charge is 0.493 e. The Hall–Kier alpha value is -3.03. The van der Waals surface area contributed by atoms with Crippen LogP contribution in [0.1, 0.15) is 27.4 Å². The first-order valence-corrected chi connectivity index (χ1v) is 7.53. The highest BCUT2D eigenvalue weighted by Gasteiger charge is 2.14. The van der Waals surface area contributed by atoms with Gasteiger partial charge in [0.05, 0.1) is 25.5 Å². The molecule has 0 spiro atoms. The lowest BCUT2D eigenvalue weighted by molar-refractivity contribution is -0.143. The van der Waals surface area contributed by atoms with E-state index in [2.05, 4.69) is 10.5 Å². The van der Waals surface area contributed by atoms with Crippen molar-refractivity contribution in [1.82, 2.24) is 10.5 Å². The maximum absolute atomic E-state index is 12.1. The zero-order chi connectivity index (χ0) is 18.4. The molecule has 1 aromatic carbocycles. The number of hydrogen-bond donors (Lipinski definition) is 1. The third-order valence-electron chi connectivity index (χ3n) is 3.60. The zero-order valence-corrected chi connectivity index (χ0v) is 14.5. The number of aromatic nitrogens is 1. The Balaban J connectivity index is 1.88. The van der Waals surface area contributed by atoms with Crippen molar-refractivity contribution in [3.05, 3.63) is 40.8 Å². The SMILES string of the molecule is COc1ccc(C(=O)NCC(=O)OCc2c(C)noc2C)cc1OC. The number of benzene rings is 1. The third kappa shape index (κ3) is 4.50. The summed E-state index contributed by atoms with van der Waals surface area (Å²) in [6.45, 7) is 3.29. The lowest BCUT2D eigenvalue weighted by Gasteiger charge is -2.10. The molecule has 0 radical (unpaired) electrons. The van der Waals surface area contributed by atoms with Crippen LogP contribution >= 0.6 is 0 Å². The van der Waals surface area contributed by atoms with Gasteiger partial charge in [0.2, 0.25) is 0 Å². The number of nitrogens with zero attached hydrogens (tertiary/aromatic N) is 1. The Morgan fingerprint density at radius 2 is 1.88 bits per heavy atom. The molecule has 1 N–H and O–H groups in total. The molecule has 0 bridgehead atoms. The zero-order valence-electron chi connectivity index (χ0n) is 14.5. The van der Waals surface area contributed by atoms with Gasteiger partial charge in [-0.15, -0.1) is 0 Å². The second-order valence-electron chi connectivity index (χ2n) is 5.22. The quantitative estimate of drug-likeness (QED) is 0.761. The Morgan fingerprint density at radius 3 is 2.48 bits per heavy atom. The number of nitrogens with one attached hydrogen (secondary N) is 1. The highest BCUT2D eigenvalue weighted by molar-refractivity contribution is 5.96. The van der Waals surface area contributed by atoms with Crippen molar-refractivity contribution in [2.24, 2.45) is 0 Å². The van der Waals surface area contributed by atoms with Crippen LogP contribution in [0.3, 0.4) is 0 Å². The predicted octanol–water partition coefficient (Wildman–Crippen LogP) is 1.78. The van der Waals surface area contributed by atoms with Gasteiger partial charge in [-0.25, -0.2) is 0 Å². The van der Waals surface area contributed by atoms with Crippen molar-refractivity contribution in [2.75, 3.05) is 20.8 Å². The smallest absolute Gasteiger partial charge is 0.325 e. The normalized spacial score (nSPS) is 10.2. The van der Waals surface area contributed by atoms with E-state index in [1.54, 1.807) is 26.0 Å². The summed E-state index contributed by atoms with van der Waals surface area (Å²) in [4.78, 5) is 23.9. The molecule has 0 saturated heterocycles. The molecule has 8 heteroatoms. The molecule has 25 heavy (non-hydrogen) atoms. The van der Waals surface area contributed by atoms with Crippen LogP contribution < -0.4 is 14.8 Å². The van der Waals surface area contributed by atoms with Crippen LogP contribution in [0.4, 0.5) is 0 Å². The van der Waals surface area contributed by atoms with E-state index in [1.807, 2.05) is 0 Å². The van der Waals surface area contributed by atoms with Crippen LogP contribution in [-0.2, 0) is 16.1 Å². The maximum atomic E-state index is 12.1. The molecule has 0 aliphatic rings. The van der Waals surface area contributed by atoms with Gasteiger partial charge in [0.1, 0.15) is 18.9 Å². The first-order chi connectivity index (χ1) is 12.0. The van der Waals surface area contributed by atoms with E-state index in [0.29, 0.717) is 28.5 Å². The average Bonchev–Trinajstić information content (AvgIpc) is 2.95. The molecule has 0 saturated carbocycles. The summed E-state index contributed by atoms with van der Waals surface area (Å²) < 4.78 is 20.4. The van der Waals surface area contributed by atoms with E-state index >= 15 is 0 Å². The fourth-order valence-corrected chi connectivity index (χ4v) is 2.14. The van der Waals surface area contributed by atoms with Crippen LogP contribution in [0.5, 0.6) is 11.5 Å². The number of rotatable bonds is 7. The van der Waals surface area contributed by atoms with Crippen LogP contribution in [0.2, 0.25) is 0 Å². The van der Waals surface area contributed by atoms with Gasteiger partial charge in [0.25, 0.3) is 5.91 Å². The fraction of sp³-hybridized carbons (Fsp3) is 0.353. The van der Waals surface area contributed by atoms with E-state index in [0.717, 1.165) is 5.56 Å².